The average Bonchev–Trinajstić information content (AvgIpc) is 2.07. The molecule has 72 valence electrons. The zero-order valence-corrected chi connectivity index (χ0v) is 10.8. The van der Waals surface area contributed by atoms with Crippen LogP contribution in [0.25, 0.3) is 0 Å². The van der Waals surface area contributed by atoms with Crippen LogP contribution >= 0.6 is 22.6 Å². The molecule has 0 unspecified atom stereocenters. The van der Waals surface area contributed by atoms with Crippen LogP contribution in [0.5, 0.6) is 0 Å². The van der Waals surface area contributed by atoms with Crippen LogP contribution in [0.3, 0.4) is 0 Å². The Kier molecular flexibility index (Phi) is 4.23. The molecule has 1 aromatic carbocycles. The molecule has 1 aromatic rings. The summed E-state index contributed by atoms with van der Waals surface area (Å²) in [6.45, 7) is 6.71. The van der Waals surface area contributed by atoms with Crippen molar-refractivity contribution in [3.05, 3.63) is 32.9 Å². The first-order chi connectivity index (χ1) is 6.09. The van der Waals surface area contributed by atoms with E-state index in [1.807, 2.05) is 0 Å². The summed E-state index contributed by atoms with van der Waals surface area (Å²) in [6, 6.07) is 6.77. The van der Waals surface area contributed by atoms with E-state index in [1.165, 1.54) is 27.5 Å². The van der Waals surface area contributed by atoms with Gasteiger partial charge in [-0.1, -0.05) is 26.0 Å². The maximum atomic E-state index is 2.41. The molecule has 0 radical (unpaired) electrons. The first kappa shape index (κ1) is 11.0. The zero-order valence-electron chi connectivity index (χ0n) is 8.60. The van der Waals surface area contributed by atoms with Crippen LogP contribution in [0.1, 0.15) is 31.4 Å². The second-order valence-corrected chi connectivity index (χ2v) is 5.18. The van der Waals surface area contributed by atoms with Gasteiger partial charge in [0.25, 0.3) is 0 Å². The van der Waals surface area contributed by atoms with Crippen LogP contribution in [0.4, 0.5) is 0 Å². The molecule has 0 aliphatic carbocycles. The molecule has 0 spiro atoms. The predicted molar refractivity (Wildman–Crippen MR) is 67.1 cm³/mol. The van der Waals surface area contributed by atoms with Gasteiger partial charge in [-0.25, -0.2) is 0 Å². The number of aryl methyl sites for hydroxylation is 2. The fourth-order valence-corrected chi connectivity index (χ4v) is 1.83. The van der Waals surface area contributed by atoms with Crippen molar-refractivity contribution in [3.8, 4) is 0 Å². The summed E-state index contributed by atoms with van der Waals surface area (Å²) in [6.07, 6.45) is 2.51. The average molecular weight is 288 g/mol. The maximum absolute atomic E-state index is 2.41. The van der Waals surface area contributed by atoms with Gasteiger partial charge >= 0.3 is 0 Å². The molecule has 1 heteroatoms. The maximum Gasteiger partial charge on any atom is 0.0162 e. The Labute approximate surface area is 94.9 Å². The van der Waals surface area contributed by atoms with Gasteiger partial charge in [0.05, 0.1) is 0 Å². The molecular formula is C12H17I. The molecule has 13 heavy (non-hydrogen) atoms. The van der Waals surface area contributed by atoms with Crippen LogP contribution in [0, 0.1) is 16.4 Å². The molecular weight excluding hydrogens is 271 g/mol. The van der Waals surface area contributed by atoms with E-state index in [4.69, 9.17) is 0 Å². The van der Waals surface area contributed by atoms with Gasteiger partial charge in [0.2, 0.25) is 0 Å². The van der Waals surface area contributed by atoms with Crippen molar-refractivity contribution in [2.24, 2.45) is 5.92 Å². The molecule has 0 aromatic heterocycles. The van der Waals surface area contributed by atoms with E-state index < -0.39 is 0 Å². The molecule has 0 atom stereocenters. The van der Waals surface area contributed by atoms with Crippen LogP contribution in [0.15, 0.2) is 18.2 Å². The Morgan fingerprint density at radius 1 is 1.31 bits per heavy atom. The Bertz CT molecular complexity index is 276. The summed E-state index contributed by atoms with van der Waals surface area (Å²) in [7, 11) is 0. The van der Waals surface area contributed by atoms with Crippen molar-refractivity contribution in [1.82, 2.24) is 0 Å². The normalized spacial score (nSPS) is 10.8. The Balaban J connectivity index is 2.63. The summed E-state index contributed by atoms with van der Waals surface area (Å²) >= 11 is 2.41. The van der Waals surface area contributed by atoms with E-state index in [9.17, 15) is 0 Å². The third-order valence-electron chi connectivity index (χ3n) is 2.25. The highest BCUT2D eigenvalue weighted by molar-refractivity contribution is 14.1. The standard InChI is InChI=1S/C12H17I/c1-9(2)4-6-11-7-5-10(3)12(13)8-11/h5,7-9H,4,6H2,1-3H3. The predicted octanol–water partition coefficient (Wildman–Crippen LogP) is 4.19. The summed E-state index contributed by atoms with van der Waals surface area (Å²) in [5.74, 6) is 0.805. The van der Waals surface area contributed by atoms with Crippen molar-refractivity contribution in [2.45, 2.75) is 33.6 Å². The third kappa shape index (κ3) is 3.67. The van der Waals surface area contributed by atoms with Crippen molar-refractivity contribution < 1.29 is 0 Å². The minimum atomic E-state index is 0.805. The highest BCUT2D eigenvalue weighted by Gasteiger charge is 1.99. The number of hydrogen-bond donors (Lipinski definition) is 0. The molecule has 0 N–H and O–H groups in total. The van der Waals surface area contributed by atoms with Gasteiger partial charge in [0, 0.05) is 3.57 Å². The van der Waals surface area contributed by atoms with Gasteiger partial charge in [0.1, 0.15) is 0 Å². The second kappa shape index (κ2) is 4.99. The van der Waals surface area contributed by atoms with Gasteiger partial charge < -0.3 is 0 Å². The van der Waals surface area contributed by atoms with Crippen molar-refractivity contribution >= 4 is 22.6 Å². The lowest BCUT2D eigenvalue weighted by Crippen LogP contribution is -1.93. The van der Waals surface area contributed by atoms with Gasteiger partial charge in [-0.05, 0) is 65.5 Å². The Morgan fingerprint density at radius 2 is 2.00 bits per heavy atom. The smallest absolute Gasteiger partial charge is 0.0162 e. The van der Waals surface area contributed by atoms with E-state index in [1.54, 1.807) is 0 Å². The zero-order chi connectivity index (χ0) is 9.84. The topological polar surface area (TPSA) is 0 Å². The highest BCUT2D eigenvalue weighted by Crippen LogP contribution is 2.16. The first-order valence-corrected chi connectivity index (χ1v) is 5.92. The summed E-state index contributed by atoms with van der Waals surface area (Å²) < 4.78 is 1.39. The first-order valence-electron chi connectivity index (χ1n) is 4.84. The number of rotatable bonds is 3. The number of benzene rings is 1. The molecule has 0 saturated heterocycles. The van der Waals surface area contributed by atoms with Crippen LogP contribution in [-0.2, 0) is 6.42 Å². The van der Waals surface area contributed by atoms with E-state index in [0.29, 0.717) is 0 Å². The molecule has 0 nitrogen and oxygen atoms in total. The van der Waals surface area contributed by atoms with Crippen LogP contribution < -0.4 is 0 Å². The van der Waals surface area contributed by atoms with Gasteiger partial charge in [0.15, 0.2) is 0 Å². The minimum absolute atomic E-state index is 0.805. The van der Waals surface area contributed by atoms with E-state index in [-0.39, 0.29) is 0 Å². The molecule has 0 aliphatic rings. The van der Waals surface area contributed by atoms with E-state index >= 15 is 0 Å². The number of hydrogen-bond acceptors (Lipinski definition) is 0. The SMILES string of the molecule is Cc1ccc(CCC(C)C)cc1I. The fourth-order valence-electron chi connectivity index (χ4n) is 1.25. The van der Waals surface area contributed by atoms with Gasteiger partial charge in [-0.3, -0.25) is 0 Å². The molecule has 0 aliphatic heterocycles. The third-order valence-corrected chi connectivity index (χ3v) is 3.41. The summed E-state index contributed by atoms with van der Waals surface area (Å²) in [4.78, 5) is 0. The lowest BCUT2D eigenvalue weighted by Gasteiger charge is -2.06. The molecule has 0 amide bonds. The molecule has 0 saturated carbocycles. The van der Waals surface area contributed by atoms with Crippen LogP contribution in [-0.4, -0.2) is 0 Å². The van der Waals surface area contributed by atoms with Crippen molar-refractivity contribution in [2.75, 3.05) is 0 Å². The van der Waals surface area contributed by atoms with Crippen molar-refractivity contribution in [3.63, 3.8) is 0 Å². The quantitative estimate of drug-likeness (QED) is 0.732. The molecule has 0 fully saturated rings. The van der Waals surface area contributed by atoms with Crippen molar-refractivity contribution in [1.29, 1.82) is 0 Å². The fraction of sp³-hybridized carbons (Fsp3) is 0.500. The largest absolute Gasteiger partial charge is 0.0628 e. The van der Waals surface area contributed by atoms with Gasteiger partial charge in [-0.2, -0.15) is 0 Å². The molecule has 1 rings (SSSR count). The van der Waals surface area contributed by atoms with E-state index in [0.717, 1.165) is 5.92 Å². The Hall–Kier alpha value is -0.0500. The van der Waals surface area contributed by atoms with E-state index in [2.05, 4.69) is 61.6 Å². The molecule has 0 bridgehead atoms. The van der Waals surface area contributed by atoms with Crippen LogP contribution in [0.2, 0.25) is 0 Å². The Morgan fingerprint density at radius 3 is 2.54 bits per heavy atom. The monoisotopic (exact) mass is 288 g/mol. The minimum Gasteiger partial charge on any atom is -0.0628 e. The lowest BCUT2D eigenvalue weighted by molar-refractivity contribution is 0.586. The second-order valence-electron chi connectivity index (χ2n) is 4.02. The summed E-state index contributed by atoms with van der Waals surface area (Å²) in [5.41, 5.74) is 2.86. The summed E-state index contributed by atoms with van der Waals surface area (Å²) in [5, 5.41) is 0. The highest BCUT2D eigenvalue weighted by atomic mass is 127. The lowest BCUT2D eigenvalue weighted by atomic mass is 10.0. The number of halogens is 1. The molecule has 0 heterocycles. The van der Waals surface area contributed by atoms with Gasteiger partial charge in [-0.15, -0.1) is 0 Å².